The summed E-state index contributed by atoms with van der Waals surface area (Å²) in [7, 11) is 0. The Kier molecular flexibility index (Phi) is 10.8. The maximum absolute atomic E-state index is 14.1. The molecule has 0 unspecified atom stereocenters. The highest BCUT2D eigenvalue weighted by atomic mass is 19.4. The first-order valence-corrected chi connectivity index (χ1v) is 13.6. The molecule has 0 radical (unpaired) electrons. The number of aliphatic hydroxyl groups is 1. The summed E-state index contributed by atoms with van der Waals surface area (Å²) < 4.78 is 54.4. The number of hydrogen-bond donors (Lipinski definition) is 3. The number of nitrogens with one attached hydrogen (secondary N) is 1. The number of anilines is 1. The Hall–Kier alpha value is -4.66. The van der Waals surface area contributed by atoms with Gasteiger partial charge in [0.1, 0.15) is 5.71 Å². The fourth-order valence-electron chi connectivity index (χ4n) is 4.18. The molecule has 0 saturated carbocycles. The van der Waals surface area contributed by atoms with Crippen LogP contribution in [0.3, 0.4) is 0 Å². The molecule has 0 spiro atoms. The predicted molar refractivity (Wildman–Crippen MR) is 160 cm³/mol. The molecule has 14 heteroatoms. The average molecular weight is 612 g/mol. The lowest BCUT2D eigenvalue weighted by Gasteiger charge is -2.15. The minimum Gasteiger partial charge on any atom is -0.394 e. The van der Waals surface area contributed by atoms with E-state index in [-0.39, 0.29) is 50.9 Å². The van der Waals surface area contributed by atoms with Gasteiger partial charge in [-0.25, -0.2) is 9.97 Å². The number of carbonyl (C=O) groups excluding carboxylic acids is 1. The maximum atomic E-state index is 14.1. The molecule has 4 N–H and O–H groups in total. The first-order valence-electron chi connectivity index (χ1n) is 13.6. The number of aliphatic imine (C=N–C) groups is 1. The molecular weight excluding hydrogens is 579 g/mol. The summed E-state index contributed by atoms with van der Waals surface area (Å²) in [5.74, 6) is 4.93. The van der Waals surface area contributed by atoms with E-state index in [1.54, 1.807) is 35.9 Å². The van der Waals surface area contributed by atoms with Crippen molar-refractivity contribution in [2.24, 2.45) is 15.9 Å². The van der Waals surface area contributed by atoms with Gasteiger partial charge in [0.15, 0.2) is 0 Å². The fourth-order valence-corrected chi connectivity index (χ4v) is 4.18. The molecule has 2 heterocycles. The van der Waals surface area contributed by atoms with Gasteiger partial charge in [-0.15, -0.1) is 0 Å². The van der Waals surface area contributed by atoms with Crippen molar-refractivity contribution in [2.45, 2.75) is 26.6 Å². The van der Waals surface area contributed by atoms with E-state index < -0.39 is 23.2 Å². The number of hydrogen-bond acceptors (Lipinski definition) is 9. The number of aryl methyl sites for hydroxylation is 2. The highest BCUT2D eigenvalue weighted by Gasteiger charge is 2.35. The molecule has 44 heavy (non-hydrogen) atoms. The second-order valence-corrected chi connectivity index (χ2v) is 9.81. The largest absolute Gasteiger partial charge is 0.417 e. The van der Waals surface area contributed by atoms with Crippen LogP contribution in [0.15, 0.2) is 65.1 Å². The molecule has 11 nitrogen and oxygen atoms in total. The Morgan fingerprint density at radius 3 is 2.66 bits per heavy atom. The molecule has 4 rings (SSSR count). The molecule has 1 amide bonds. The predicted octanol–water partition coefficient (Wildman–Crippen LogP) is 4.20. The van der Waals surface area contributed by atoms with Crippen molar-refractivity contribution in [3.05, 3.63) is 82.8 Å². The van der Waals surface area contributed by atoms with Crippen LogP contribution >= 0.6 is 0 Å². The fraction of sp³-hybridized carbons (Fsp3) is 0.300. The van der Waals surface area contributed by atoms with E-state index in [1.807, 2.05) is 19.2 Å². The third kappa shape index (κ3) is 8.46. The molecule has 0 aliphatic rings. The number of aromatic nitrogens is 3. The number of rotatable bonds is 13. The van der Waals surface area contributed by atoms with Crippen LogP contribution in [0.1, 0.15) is 32.6 Å². The number of halogens is 3. The standard InChI is InChI=1S/C30H32F3N7O4/c1-19-13-36-29-38-27(17-40(29)16-19)22-5-3-20(2)26(12-22)37-28(42)24-6-4-21(11-25(24)30(31,32)33)14-35-15-23(39-34)18-44-10-9-43-8-7-41/h3-6,11-13,15-17,41H,7-10,14,18,34H2,1-2H3,(H,37,42)/b35-15?,39-23+. The number of nitrogens with zero attached hydrogens (tertiary/aromatic N) is 5. The number of ether oxygens (including phenoxy) is 2. The zero-order valence-corrected chi connectivity index (χ0v) is 24.1. The van der Waals surface area contributed by atoms with E-state index in [0.29, 0.717) is 28.3 Å². The molecule has 0 atom stereocenters. The lowest BCUT2D eigenvalue weighted by molar-refractivity contribution is -0.137. The van der Waals surface area contributed by atoms with Gasteiger partial charge in [0.05, 0.1) is 56.4 Å². The molecule has 2 aromatic heterocycles. The van der Waals surface area contributed by atoms with Crippen LogP contribution in [-0.2, 0) is 22.2 Å². The first-order chi connectivity index (χ1) is 21.1. The highest BCUT2D eigenvalue weighted by molar-refractivity contribution is 6.31. The molecule has 2 aromatic carbocycles. The van der Waals surface area contributed by atoms with Gasteiger partial charge in [-0.3, -0.25) is 14.2 Å². The van der Waals surface area contributed by atoms with E-state index in [1.165, 1.54) is 12.3 Å². The van der Waals surface area contributed by atoms with Gasteiger partial charge in [-0.05, 0) is 48.7 Å². The van der Waals surface area contributed by atoms with Crippen LogP contribution in [0, 0.1) is 13.8 Å². The minimum absolute atomic E-state index is 0.0176. The van der Waals surface area contributed by atoms with Crippen molar-refractivity contribution in [3.8, 4) is 11.3 Å². The molecular formula is C30H32F3N7O4. The Labute approximate surface area is 251 Å². The lowest BCUT2D eigenvalue weighted by Crippen LogP contribution is -2.19. The molecule has 0 saturated heterocycles. The van der Waals surface area contributed by atoms with Gasteiger partial charge < -0.3 is 25.7 Å². The van der Waals surface area contributed by atoms with Gasteiger partial charge >= 0.3 is 6.18 Å². The summed E-state index contributed by atoms with van der Waals surface area (Å²) in [4.78, 5) is 26.1. The van der Waals surface area contributed by atoms with E-state index in [9.17, 15) is 18.0 Å². The summed E-state index contributed by atoms with van der Waals surface area (Å²) in [5.41, 5.74) is 2.12. The van der Waals surface area contributed by atoms with E-state index in [0.717, 1.165) is 17.7 Å². The highest BCUT2D eigenvalue weighted by Crippen LogP contribution is 2.34. The van der Waals surface area contributed by atoms with E-state index in [4.69, 9.17) is 20.4 Å². The lowest BCUT2D eigenvalue weighted by atomic mass is 10.0. The van der Waals surface area contributed by atoms with Crippen molar-refractivity contribution in [1.29, 1.82) is 0 Å². The number of carbonyl (C=O) groups is 1. The molecule has 0 aliphatic carbocycles. The van der Waals surface area contributed by atoms with Crippen molar-refractivity contribution in [1.82, 2.24) is 14.4 Å². The van der Waals surface area contributed by atoms with E-state index >= 15 is 0 Å². The number of amides is 1. The van der Waals surface area contributed by atoms with Crippen LogP contribution in [0.2, 0.25) is 0 Å². The number of aliphatic hydroxyl groups excluding tert-OH is 1. The van der Waals surface area contributed by atoms with Crippen LogP contribution in [-0.4, -0.2) is 70.3 Å². The van der Waals surface area contributed by atoms with Crippen LogP contribution in [0.4, 0.5) is 18.9 Å². The summed E-state index contributed by atoms with van der Waals surface area (Å²) in [6.07, 6.45) is 1.88. The summed E-state index contributed by atoms with van der Waals surface area (Å²) in [6, 6.07) is 8.68. The molecule has 0 fully saturated rings. The number of fused-ring (bicyclic) bond motifs is 1. The van der Waals surface area contributed by atoms with Crippen molar-refractivity contribution < 1.29 is 32.5 Å². The Bertz CT molecular complexity index is 1670. The van der Waals surface area contributed by atoms with Crippen molar-refractivity contribution >= 4 is 29.3 Å². The number of hydrazone groups is 1. The zero-order valence-electron chi connectivity index (χ0n) is 24.1. The third-order valence-corrected chi connectivity index (χ3v) is 6.39. The van der Waals surface area contributed by atoms with Crippen LogP contribution in [0.5, 0.6) is 0 Å². The number of nitrogens with two attached hydrogens (primary N) is 1. The summed E-state index contributed by atoms with van der Waals surface area (Å²) in [5, 5.41) is 14.9. The molecule has 0 aliphatic heterocycles. The first kappa shape index (κ1) is 32.3. The minimum atomic E-state index is -4.79. The van der Waals surface area contributed by atoms with Crippen molar-refractivity contribution in [3.63, 3.8) is 0 Å². The zero-order chi connectivity index (χ0) is 31.7. The SMILES string of the molecule is Cc1cnc2nc(-c3ccc(C)c(NC(=O)c4ccc(CN=C/C(COCCOCCO)=N\N)cc4C(F)(F)F)c3)cn2c1. The van der Waals surface area contributed by atoms with Gasteiger partial charge in [-0.2, -0.15) is 18.3 Å². The van der Waals surface area contributed by atoms with Gasteiger partial charge in [0.25, 0.3) is 5.91 Å². The number of alkyl halides is 3. The van der Waals surface area contributed by atoms with Gasteiger partial charge in [0.2, 0.25) is 5.78 Å². The normalized spacial score (nSPS) is 12.4. The maximum Gasteiger partial charge on any atom is 0.417 e. The molecule has 0 bridgehead atoms. The van der Waals surface area contributed by atoms with Crippen LogP contribution in [0.25, 0.3) is 17.0 Å². The van der Waals surface area contributed by atoms with Gasteiger partial charge in [0, 0.05) is 36.1 Å². The molecule has 4 aromatic rings. The van der Waals surface area contributed by atoms with Gasteiger partial charge in [-0.1, -0.05) is 18.2 Å². The smallest absolute Gasteiger partial charge is 0.394 e. The number of benzene rings is 2. The quantitative estimate of drug-likeness (QED) is 0.0888. The second kappa shape index (κ2) is 14.7. The number of imidazole rings is 1. The van der Waals surface area contributed by atoms with Crippen molar-refractivity contribution in [2.75, 3.05) is 38.4 Å². The monoisotopic (exact) mass is 611 g/mol. The summed E-state index contributed by atoms with van der Waals surface area (Å²) >= 11 is 0. The Balaban J connectivity index is 1.47. The third-order valence-electron chi connectivity index (χ3n) is 6.39. The van der Waals surface area contributed by atoms with Crippen LogP contribution < -0.4 is 11.2 Å². The summed E-state index contributed by atoms with van der Waals surface area (Å²) in [6.45, 7) is 4.15. The molecule has 232 valence electrons. The van der Waals surface area contributed by atoms with E-state index in [2.05, 4.69) is 25.4 Å². The average Bonchev–Trinajstić information content (AvgIpc) is 3.41. The Morgan fingerprint density at radius 1 is 1.11 bits per heavy atom. The topological polar surface area (TPSA) is 149 Å². The Morgan fingerprint density at radius 2 is 1.91 bits per heavy atom. The second-order valence-electron chi connectivity index (χ2n) is 9.81.